The molecule has 0 spiro atoms. The molecule has 0 radical (unpaired) electrons. The summed E-state index contributed by atoms with van der Waals surface area (Å²) in [6.07, 6.45) is 2.56. The third-order valence-electron chi connectivity index (χ3n) is 3.92. The standard InChI is InChI=1S/C19H24N2O3S2/c1-21(13-14-7-6-11-26-14)19(23)16(10-12-25-3)20-18(22)15-8-4-5-9-17(15)24-2/h4-9,11,16H,10,12-13H2,1-3H3,(H,20,22). The molecule has 140 valence electrons. The maximum absolute atomic E-state index is 12.9. The molecule has 0 fully saturated rings. The van der Waals surface area contributed by atoms with E-state index in [2.05, 4.69) is 5.32 Å². The Morgan fingerprint density at radius 1 is 1.27 bits per heavy atom. The van der Waals surface area contributed by atoms with Crippen LogP contribution in [0.1, 0.15) is 21.7 Å². The van der Waals surface area contributed by atoms with Gasteiger partial charge in [-0.15, -0.1) is 11.3 Å². The van der Waals surface area contributed by atoms with Crippen molar-refractivity contribution in [2.24, 2.45) is 0 Å². The molecule has 1 N–H and O–H groups in total. The molecular formula is C19H24N2O3S2. The Hall–Kier alpha value is -1.99. The van der Waals surface area contributed by atoms with E-state index < -0.39 is 6.04 Å². The lowest BCUT2D eigenvalue weighted by molar-refractivity contribution is -0.132. The molecule has 1 aromatic carbocycles. The van der Waals surface area contributed by atoms with Crippen LogP contribution in [0.2, 0.25) is 0 Å². The molecule has 1 unspecified atom stereocenters. The summed E-state index contributed by atoms with van der Waals surface area (Å²) in [5, 5.41) is 4.87. The number of nitrogens with one attached hydrogen (secondary N) is 1. The van der Waals surface area contributed by atoms with Crippen molar-refractivity contribution in [1.29, 1.82) is 0 Å². The van der Waals surface area contributed by atoms with Crippen LogP contribution in [-0.4, -0.2) is 48.9 Å². The number of carbonyl (C=O) groups is 2. The summed E-state index contributed by atoms with van der Waals surface area (Å²) in [5.41, 5.74) is 0.429. The topological polar surface area (TPSA) is 58.6 Å². The first-order valence-electron chi connectivity index (χ1n) is 8.27. The van der Waals surface area contributed by atoms with Gasteiger partial charge in [0.25, 0.3) is 5.91 Å². The van der Waals surface area contributed by atoms with Crippen LogP contribution >= 0.6 is 23.1 Å². The van der Waals surface area contributed by atoms with Gasteiger partial charge >= 0.3 is 0 Å². The lowest BCUT2D eigenvalue weighted by Gasteiger charge is -2.24. The fraction of sp³-hybridized carbons (Fsp3) is 0.368. The first kappa shape index (κ1) is 20.3. The molecule has 1 aromatic heterocycles. The van der Waals surface area contributed by atoms with E-state index in [9.17, 15) is 9.59 Å². The third kappa shape index (κ3) is 5.51. The van der Waals surface area contributed by atoms with E-state index in [1.54, 1.807) is 59.3 Å². The second-order valence-electron chi connectivity index (χ2n) is 5.78. The van der Waals surface area contributed by atoms with E-state index in [4.69, 9.17) is 4.74 Å². The zero-order chi connectivity index (χ0) is 18.9. The molecular weight excluding hydrogens is 368 g/mol. The van der Waals surface area contributed by atoms with Crippen LogP contribution in [0.15, 0.2) is 41.8 Å². The van der Waals surface area contributed by atoms with Gasteiger partial charge in [0.2, 0.25) is 5.91 Å². The molecule has 0 aliphatic heterocycles. The number of methoxy groups -OCH3 is 1. The van der Waals surface area contributed by atoms with E-state index in [1.165, 1.54) is 7.11 Å². The number of nitrogens with zero attached hydrogens (tertiary/aromatic N) is 1. The van der Waals surface area contributed by atoms with Gasteiger partial charge in [0.1, 0.15) is 11.8 Å². The van der Waals surface area contributed by atoms with Crippen molar-refractivity contribution < 1.29 is 14.3 Å². The van der Waals surface area contributed by atoms with Gasteiger partial charge in [-0.1, -0.05) is 18.2 Å². The maximum Gasteiger partial charge on any atom is 0.255 e. The summed E-state index contributed by atoms with van der Waals surface area (Å²) in [7, 11) is 3.29. The van der Waals surface area contributed by atoms with Gasteiger partial charge in [-0.05, 0) is 42.0 Å². The highest BCUT2D eigenvalue weighted by atomic mass is 32.2. The molecule has 7 heteroatoms. The van der Waals surface area contributed by atoms with Crippen molar-refractivity contribution in [1.82, 2.24) is 10.2 Å². The number of rotatable bonds is 9. The average molecular weight is 393 g/mol. The largest absolute Gasteiger partial charge is 0.496 e. The second-order valence-corrected chi connectivity index (χ2v) is 7.80. The first-order chi connectivity index (χ1) is 12.6. The van der Waals surface area contributed by atoms with Crippen LogP contribution in [0, 0.1) is 0 Å². The van der Waals surface area contributed by atoms with Crippen molar-refractivity contribution in [3.8, 4) is 5.75 Å². The molecule has 2 aromatic rings. The molecule has 1 heterocycles. The van der Waals surface area contributed by atoms with Crippen LogP contribution in [0.25, 0.3) is 0 Å². The smallest absolute Gasteiger partial charge is 0.255 e. The Morgan fingerprint density at radius 2 is 2.04 bits per heavy atom. The normalized spacial score (nSPS) is 11.7. The number of para-hydroxylation sites is 1. The number of ether oxygens (including phenoxy) is 1. The number of benzene rings is 1. The molecule has 5 nitrogen and oxygen atoms in total. The number of thioether (sulfide) groups is 1. The molecule has 0 saturated heterocycles. The molecule has 2 amide bonds. The minimum absolute atomic E-state index is 0.0873. The van der Waals surface area contributed by atoms with E-state index >= 15 is 0 Å². The number of hydrogen-bond donors (Lipinski definition) is 1. The zero-order valence-electron chi connectivity index (χ0n) is 15.2. The highest BCUT2D eigenvalue weighted by Crippen LogP contribution is 2.18. The molecule has 0 saturated carbocycles. The van der Waals surface area contributed by atoms with Crippen molar-refractivity contribution in [2.75, 3.05) is 26.2 Å². The molecule has 2 rings (SSSR count). The van der Waals surface area contributed by atoms with Gasteiger partial charge in [0.15, 0.2) is 0 Å². The van der Waals surface area contributed by atoms with Crippen LogP contribution in [-0.2, 0) is 11.3 Å². The SMILES string of the molecule is COc1ccccc1C(=O)NC(CCSC)C(=O)N(C)Cc1cccs1. The minimum atomic E-state index is -0.565. The first-order valence-corrected chi connectivity index (χ1v) is 10.5. The van der Waals surface area contributed by atoms with Gasteiger partial charge in [0.05, 0.1) is 19.2 Å². The lowest BCUT2D eigenvalue weighted by atomic mass is 10.1. The van der Waals surface area contributed by atoms with Crippen molar-refractivity contribution >= 4 is 34.9 Å². The van der Waals surface area contributed by atoms with Crippen LogP contribution in [0.5, 0.6) is 5.75 Å². The summed E-state index contributed by atoms with van der Waals surface area (Å²) in [5.74, 6) is 0.894. The zero-order valence-corrected chi connectivity index (χ0v) is 16.9. The fourth-order valence-corrected chi connectivity index (χ4v) is 3.77. The number of carbonyl (C=O) groups excluding carboxylic acids is 2. The van der Waals surface area contributed by atoms with Gasteiger partial charge in [-0.3, -0.25) is 9.59 Å². The Balaban J connectivity index is 2.10. The number of likely N-dealkylation sites (N-methyl/N-ethyl adjacent to an activating group) is 1. The maximum atomic E-state index is 12.9. The average Bonchev–Trinajstić information content (AvgIpc) is 3.17. The lowest BCUT2D eigenvalue weighted by Crippen LogP contribution is -2.47. The van der Waals surface area contributed by atoms with Gasteiger partial charge in [-0.2, -0.15) is 11.8 Å². The predicted molar refractivity (Wildman–Crippen MR) is 108 cm³/mol. The van der Waals surface area contributed by atoms with Gasteiger partial charge in [-0.25, -0.2) is 0 Å². The molecule has 1 atom stereocenters. The summed E-state index contributed by atoms with van der Waals surface area (Å²) >= 11 is 3.26. The highest BCUT2D eigenvalue weighted by molar-refractivity contribution is 7.98. The fourth-order valence-electron chi connectivity index (χ4n) is 2.54. The van der Waals surface area contributed by atoms with Crippen molar-refractivity contribution in [3.63, 3.8) is 0 Å². The molecule has 0 aliphatic rings. The van der Waals surface area contributed by atoms with Crippen LogP contribution in [0.4, 0.5) is 0 Å². The van der Waals surface area contributed by atoms with E-state index in [0.29, 0.717) is 24.3 Å². The number of thiophene rings is 1. The summed E-state index contributed by atoms with van der Waals surface area (Å²) in [4.78, 5) is 28.3. The molecule has 0 bridgehead atoms. The summed E-state index contributed by atoms with van der Waals surface area (Å²) < 4.78 is 5.25. The summed E-state index contributed by atoms with van der Waals surface area (Å²) in [6.45, 7) is 0.538. The molecule has 26 heavy (non-hydrogen) atoms. The highest BCUT2D eigenvalue weighted by Gasteiger charge is 2.25. The Bertz CT molecular complexity index is 719. The Kier molecular flexibility index (Phi) is 8.00. The van der Waals surface area contributed by atoms with Crippen LogP contribution < -0.4 is 10.1 Å². The quantitative estimate of drug-likeness (QED) is 0.712. The van der Waals surface area contributed by atoms with Crippen LogP contribution in [0.3, 0.4) is 0 Å². The van der Waals surface area contributed by atoms with Gasteiger partial charge in [0, 0.05) is 11.9 Å². The Morgan fingerprint density at radius 3 is 2.69 bits per heavy atom. The van der Waals surface area contributed by atoms with Gasteiger partial charge < -0.3 is 15.0 Å². The van der Waals surface area contributed by atoms with Crippen molar-refractivity contribution in [2.45, 2.75) is 19.0 Å². The Labute approximate surface area is 162 Å². The number of amides is 2. The number of hydrogen-bond acceptors (Lipinski definition) is 5. The monoisotopic (exact) mass is 392 g/mol. The molecule has 0 aliphatic carbocycles. The van der Waals surface area contributed by atoms with E-state index in [-0.39, 0.29) is 11.8 Å². The second kappa shape index (κ2) is 10.2. The predicted octanol–water partition coefficient (Wildman–Crippen LogP) is 3.27. The van der Waals surface area contributed by atoms with Crippen molar-refractivity contribution in [3.05, 3.63) is 52.2 Å². The van der Waals surface area contributed by atoms with E-state index in [0.717, 1.165) is 10.6 Å². The van der Waals surface area contributed by atoms with E-state index in [1.807, 2.05) is 23.8 Å². The third-order valence-corrected chi connectivity index (χ3v) is 5.42. The minimum Gasteiger partial charge on any atom is -0.496 e. The summed E-state index contributed by atoms with van der Waals surface area (Å²) in [6, 6.07) is 10.4.